The van der Waals surface area contributed by atoms with E-state index in [1.54, 1.807) is 0 Å². The van der Waals surface area contributed by atoms with Gasteiger partial charge in [0.05, 0.1) is 13.0 Å². The molecule has 23 heavy (non-hydrogen) atoms. The Kier molecular flexibility index (Phi) is 5.60. The number of rotatable bonds is 6. The Hall–Kier alpha value is -2.08. The van der Waals surface area contributed by atoms with Gasteiger partial charge in [0.1, 0.15) is 11.3 Å². The number of hydrogen-bond acceptors (Lipinski definition) is 4. The van der Waals surface area contributed by atoms with Crippen LogP contribution in [-0.2, 0) is 14.3 Å². The Bertz CT molecular complexity index is 578. The summed E-state index contributed by atoms with van der Waals surface area (Å²) in [4.78, 5) is 23.5. The summed E-state index contributed by atoms with van der Waals surface area (Å²) in [5, 5.41) is 12.0. The van der Waals surface area contributed by atoms with Crippen LogP contribution in [0.5, 0.6) is 5.75 Å². The van der Waals surface area contributed by atoms with E-state index in [4.69, 9.17) is 9.47 Å². The third-order valence-electron chi connectivity index (χ3n) is 4.05. The van der Waals surface area contributed by atoms with E-state index in [1.807, 2.05) is 32.0 Å². The van der Waals surface area contributed by atoms with E-state index >= 15 is 0 Å². The van der Waals surface area contributed by atoms with Gasteiger partial charge in [-0.1, -0.05) is 17.7 Å². The maximum atomic E-state index is 12.1. The summed E-state index contributed by atoms with van der Waals surface area (Å²) in [6, 6.07) is 5.83. The molecule has 1 amide bonds. The highest BCUT2D eigenvalue weighted by molar-refractivity contribution is 5.87. The Morgan fingerprint density at radius 1 is 1.30 bits per heavy atom. The third kappa shape index (κ3) is 4.45. The van der Waals surface area contributed by atoms with Crippen LogP contribution in [0.2, 0.25) is 0 Å². The number of carbonyl (C=O) groups is 2. The molecule has 1 aliphatic rings. The number of ether oxygens (including phenoxy) is 2. The van der Waals surface area contributed by atoms with Gasteiger partial charge in [-0.25, -0.2) is 4.79 Å². The topological polar surface area (TPSA) is 84.9 Å². The lowest BCUT2D eigenvalue weighted by Gasteiger charge is -2.33. The highest BCUT2D eigenvalue weighted by atomic mass is 16.5. The molecule has 0 aliphatic carbocycles. The SMILES string of the molecule is Cc1ccc(OCCC(=O)NC2(C(=O)O)CCOCC2)c(C)c1. The number of nitrogens with one attached hydrogen (secondary N) is 1. The van der Waals surface area contributed by atoms with Crippen molar-refractivity contribution in [1.82, 2.24) is 5.32 Å². The van der Waals surface area contributed by atoms with Crippen molar-refractivity contribution in [2.45, 2.75) is 38.6 Å². The largest absolute Gasteiger partial charge is 0.493 e. The molecular weight excluding hydrogens is 298 g/mol. The quantitative estimate of drug-likeness (QED) is 0.835. The zero-order chi connectivity index (χ0) is 16.9. The Morgan fingerprint density at radius 2 is 2.00 bits per heavy atom. The van der Waals surface area contributed by atoms with Gasteiger partial charge in [0.2, 0.25) is 5.91 Å². The summed E-state index contributed by atoms with van der Waals surface area (Å²) in [5.74, 6) is -0.592. The molecule has 1 aromatic rings. The van der Waals surface area contributed by atoms with Crippen molar-refractivity contribution in [3.63, 3.8) is 0 Å². The van der Waals surface area contributed by atoms with Crippen LogP contribution in [0, 0.1) is 13.8 Å². The molecule has 0 unspecified atom stereocenters. The smallest absolute Gasteiger partial charge is 0.329 e. The van der Waals surface area contributed by atoms with Crippen molar-refractivity contribution in [2.75, 3.05) is 19.8 Å². The van der Waals surface area contributed by atoms with Crippen molar-refractivity contribution in [3.05, 3.63) is 29.3 Å². The molecule has 1 aromatic carbocycles. The molecule has 6 nitrogen and oxygen atoms in total. The van der Waals surface area contributed by atoms with E-state index < -0.39 is 11.5 Å². The average molecular weight is 321 g/mol. The van der Waals surface area contributed by atoms with Crippen LogP contribution < -0.4 is 10.1 Å². The first-order chi connectivity index (χ1) is 10.9. The molecule has 0 aromatic heterocycles. The van der Waals surface area contributed by atoms with Crippen LogP contribution >= 0.6 is 0 Å². The molecule has 1 aliphatic heterocycles. The average Bonchev–Trinajstić information content (AvgIpc) is 2.50. The molecule has 126 valence electrons. The van der Waals surface area contributed by atoms with Crippen molar-refractivity contribution >= 4 is 11.9 Å². The highest BCUT2D eigenvalue weighted by Gasteiger charge is 2.41. The lowest BCUT2D eigenvalue weighted by Crippen LogP contribution is -2.57. The second kappa shape index (κ2) is 7.46. The van der Waals surface area contributed by atoms with E-state index in [0.29, 0.717) is 13.2 Å². The van der Waals surface area contributed by atoms with Crippen LogP contribution in [0.15, 0.2) is 18.2 Å². The third-order valence-corrected chi connectivity index (χ3v) is 4.05. The van der Waals surface area contributed by atoms with Gasteiger partial charge in [0, 0.05) is 26.1 Å². The number of benzene rings is 1. The molecule has 0 radical (unpaired) electrons. The number of carboxylic acids is 1. The fraction of sp³-hybridized carbons (Fsp3) is 0.529. The van der Waals surface area contributed by atoms with E-state index in [1.165, 1.54) is 0 Å². The number of carbonyl (C=O) groups excluding carboxylic acids is 1. The van der Waals surface area contributed by atoms with Crippen molar-refractivity contribution in [3.8, 4) is 5.75 Å². The van der Waals surface area contributed by atoms with Crippen molar-refractivity contribution in [1.29, 1.82) is 0 Å². The summed E-state index contributed by atoms with van der Waals surface area (Å²) < 4.78 is 10.8. The molecular formula is C17H23NO5. The minimum Gasteiger partial charge on any atom is -0.493 e. The zero-order valence-electron chi connectivity index (χ0n) is 13.6. The summed E-state index contributed by atoms with van der Waals surface area (Å²) in [5.41, 5.74) is 0.946. The van der Waals surface area contributed by atoms with Gasteiger partial charge in [-0.2, -0.15) is 0 Å². The van der Waals surface area contributed by atoms with Crippen molar-refractivity contribution < 1.29 is 24.2 Å². The fourth-order valence-corrected chi connectivity index (χ4v) is 2.66. The molecule has 0 atom stereocenters. The number of aliphatic carboxylic acids is 1. The van der Waals surface area contributed by atoms with Gasteiger partial charge in [-0.3, -0.25) is 4.79 Å². The van der Waals surface area contributed by atoms with Gasteiger partial charge < -0.3 is 19.9 Å². The van der Waals surface area contributed by atoms with Gasteiger partial charge in [-0.15, -0.1) is 0 Å². The van der Waals surface area contributed by atoms with E-state index in [0.717, 1.165) is 16.9 Å². The van der Waals surface area contributed by atoms with Crippen LogP contribution in [-0.4, -0.2) is 42.3 Å². The minimum absolute atomic E-state index is 0.114. The zero-order valence-corrected chi connectivity index (χ0v) is 13.6. The number of carboxylic acid groups (broad SMARTS) is 1. The molecule has 2 N–H and O–H groups in total. The summed E-state index contributed by atoms with van der Waals surface area (Å²) in [6.07, 6.45) is 0.682. The molecule has 2 rings (SSSR count). The fourth-order valence-electron chi connectivity index (χ4n) is 2.66. The Labute approximate surface area is 135 Å². The molecule has 1 heterocycles. The van der Waals surface area contributed by atoms with Crippen molar-refractivity contribution in [2.24, 2.45) is 0 Å². The van der Waals surface area contributed by atoms with Crippen LogP contribution in [0.25, 0.3) is 0 Å². The minimum atomic E-state index is -1.21. The maximum absolute atomic E-state index is 12.1. The van der Waals surface area contributed by atoms with Gasteiger partial charge in [0.15, 0.2) is 0 Å². The van der Waals surface area contributed by atoms with Gasteiger partial charge >= 0.3 is 5.97 Å². The molecule has 1 fully saturated rings. The molecule has 1 saturated heterocycles. The standard InChI is InChI=1S/C17H23NO5/c1-12-3-4-14(13(2)11-12)23-8-5-15(19)18-17(16(20)21)6-9-22-10-7-17/h3-4,11H,5-10H2,1-2H3,(H,18,19)(H,20,21). The van der Waals surface area contributed by atoms with Gasteiger partial charge in [-0.05, 0) is 25.5 Å². The number of aryl methyl sites for hydroxylation is 2. The van der Waals surface area contributed by atoms with E-state index in [2.05, 4.69) is 5.32 Å². The van der Waals surface area contributed by atoms with E-state index in [-0.39, 0.29) is 31.8 Å². The Morgan fingerprint density at radius 3 is 2.61 bits per heavy atom. The lowest BCUT2D eigenvalue weighted by atomic mass is 9.90. The second-order valence-corrected chi connectivity index (χ2v) is 5.92. The lowest BCUT2D eigenvalue weighted by molar-refractivity contribution is -0.152. The number of amides is 1. The first-order valence-corrected chi connectivity index (χ1v) is 7.75. The molecule has 6 heteroatoms. The van der Waals surface area contributed by atoms with Crippen LogP contribution in [0.3, 0.4) is 0 Å². The first-order valence-electron chi connectivity index (χ1n) is 7.75. The Balaban J connectivity index is 1.85. The summed E-state index contributed by atoms with van der Waals surface area (Å²) in [6.45, 7) is 4.84. The highest BCUT2D eigenvalue weighted by Crippen LogP contribution is 2.22. The molecule has 0 saturated carbocycles. The first kappa shape index (κ1) is 17.3. The summed E-state index contributed by atoms with van der Waals surface area (Å²) in [7, 11) is 0. The van der Waals surface area contributed by atoms with Crippen LogP contribution in [0.1, 0.15) is 30.4 Å². The van der Waals surface area contributed by atoms with E-state index in [9.17, 15) is 14.7 Å². The van der Waals surface area contributed by atoms with Crippen LogP contribution in [0.4, 0.5) is 0 Å². The maximum Gasteiger partial charge on any atom is 0.329 e. The number of hydrogen-bond donors (Lipinski definition) is 2. The predicted octanol–water partition coefficient (Wildman–Crippen LogP) is 1.82. The monoisotopic (exact) mass is 321 g/mol. The predicted molar refractivity (Wildman–Crippen MR) is 84.6 cm³/mol. The van der Waals surface area contributed by atoms with Gasteiger partial charge in [0.25, 0.3) is 0 Å². The second-order valence-electron chi connectivity index (χ2n) is 5.92. The summed E-state index contributed by atoms with van der Waals surface area (Å²) >= 11 is 0. The molecule has 0 bridgehead atoms. The molecule has 0 spiro atoms. The normalized spacial score (nSPS) is 16.6.